The molecule has 3 N–H and O–H groups in total. The fourth-order valence-electron chi connectivity index (χ4n) is 1.45. The Bertz CT molecular complexity index is 265. The van der Waals surface area contributed by atoms with E-state index in [1.165, 1.54) is 38.2 Å². The minimum absolute atomic E-state index is 0.327. The van der Waals surface area contributed by atoms with Crippen molar-refractivity contribution in [1.82, 2.24) is 0 Å². The molecule has 0 aromatic rings. The van der Waals surface area contributed by atoms with Gasteiger partial charge in [0.1, 0.15) is 6.26 Å². The fraction of sp³-hybridized carbons (Fsp3) is 0.571. The summed E-state index contributed by atoms with van der Waals surface area (Å²) in [6.07, 6.45) is 14.0. The Morgan fingerprint density at radius 3 is 2.24 bits per heavy atom. The van der Waals surface area contributed by atoms with Crippen molar-refractivity contribution in [2.45, 2.75) is 51.9 Å². The van der Waals surface area contributed by atoms with Gasteiger partial charge in [-0.25, -0.2) is 0 Å². The molecule has 0 saturated heterocycles. The molecule has 3 nitrogen and oxygen atoms in total. The third kappa shape index (κ3) is 9.54. The monoisotopic (exact) mass is 240 g/mol. The van der Waals surface area contributed by atoms with Crippen LogP contribution in [0.5, 0.6) is 0 Å². The number of aliphatic hydroxyl groups excluding tert-OH is 3. The van der Waals surface area contributed by atoms with E-state index in [4.69, 9.17) is 15.3 Å². The van der Waals surface area contributed by atoms with E-state index < -0.39 is 5.76 Å². The summed E-state index contributed by atoms with van der Waals surface area (Å²) in [5, 5.41) is 26.5. The first kappa shape index (κ1) is 15.6. The number of aliphatic hydroxyl groups is 3. The van der Waals surface area contributed by atoms with Crippen LogP contribution >= 0.6 is 0 Å². The number of rotatable bonds is 9. The summed E-state index contributed by atoms with van der Waals surface area (Å²) >= 11 is 0. The lowest BCUT2D eigenvalue weighted by Gasteiger charge is -1.97. The lowest BCUT2D eigenvalue weighted by atomic mass is 10.1. The van der Waals surface area contributed by atoms with Gasteiger partial charge in [0.25, 0.3) is 0 Å². The summed E-state index contributed by atoms with van der Waals surface area (Å²) in [6, 6.07) is 0. The Kier molecular flexibility index (Phi) is 10.2. The van der Waals surface area contributed by atoms with Crippen molar-refractivity contribution in [2.75, 3.05) is 0 Å². The Hall–Kier alpha value is -1.38. The van der Waals surface area contributed by atoms with E-state index in [0.29, 0.717) is 6.26 Å². The van der Waals surface area contributed by atoms with Gasteiger partial charge >= 0.3 is 0 Å². The highest BCUT2D eigenvalue weighted by Gasteiger charge is 1.96. The van der Waals surface area contributed by atoms with Gasteiger partial charge in [-0.15, -0.1) is 0 Å². The molecule has 98 valence electrons. The largest absolute Gasteiger partial charge is 0.512 e. The molecule has 0 aliphatic rings. The van der Waals surface area contributed by atoms with Crippen molar-refractivity contribution in [3.05, 3.63) is 36.0 Å². The summed E-state index contributed by atoms with van der Waals surface area (Å²) < 4.78 is 0. The van der Waals surface area contributed by atoms with Crippen molar-refractivity contribution in [3.8, 4) is 0 Å². The molecular weight excluding hydrogens is 216 g/mol. The number of hydrogen-bond acceptors (Lipinski definition) is 3. The molecule has 0 fully saturated rings. The molecular formula is C14H24O3. The van der Waals surface area contributed by atoms with Crippen LogP contribution in [0.25, 0.3) is 0 Å². The van der Waals surface area contributed by atoms with E-state index in [1.807, 2.05) is 6.08 Å². The number of hydrogen-bond donors (Lipinski definition) is 3. The Morgan fingerprint density at radius 1 is 0.941 bits per heavy atom. The average Bonchev–Trinajstić information content (AvgIpc) is 2.35. The average molecular weight is 240 g/mol. The van der Waals surface area contributed by atoms with Gasteiger partial charge in [-0.1, -0.05) is 51.2 Å². The fourth-order valence-corrected chi connectivity index (χ4v) is 1.45. The highest BCUT2D eigenvalue weighted by Crippen LogP contribution is 2.07. The maximum Gasteiger partial charge on any atom is 0.192 e. The molecule has 3 heteroatoms. The van der Waals surface area contributed by atoms with Crippen LogP contribution in [0.2, 0.25) is 0 Å². The van der Waals surface area contributed by atoms with Gasteiger partial charge in [-0.05, 0) is 18.9 Å². The van der Waals surface area contributed by atoms with Gasteiger partial charge in [-0.2, -0.15) is 0 Å². The van der Waals surface area contributed by atoms with Gasteiger partial charge in [0.05, 0.1) is 0 Å². The van der Waals surface area contributed by atoms with Crippen molar-refractivity contribution in [3.63, 3.8) is 0 Å². The lowest BCUT2D eigenvalue weighted by Crippen LogP contribution is -1.85. The summed E-state index contributed by atoms with van der Waals surface area (Å²) in [7, 11) is 0. The molecule has 0 radical (unpaired) electrons. The molecule has 0 saturated carbocycles. The molecule has 0 spiro atoms. The summed E-state index contributed by atoms with van der Waals surface area (Å²) in [6.45, 7) is 2.21. The predicted octanol–water partition coefficient (Wildman–Crippen LogP) is 4.69. The zero-order chi connectivity index (χ0) is 12.9. The second-order valence-corrected chi connectivity index (χ2v) is 4.05. The van der Waals surface area contributed by atoms with Crippen molar-refractivity contribution in [1.29, 1.82) is 0 Å². The van der Waals surface area contributed by atoms with Crippen LogP contribution < -0.4 is 0 Å². The smallest absolute Gasteiger partial charge is 0.192 e. The molecule has 0 aliphatic heterocycles. The van der Waals surface area contributed by atoms with Crippen LogP contribution in [0.1, 0.15) is 51.9 Å². The van der Waals surface area contributed by atoms with Crippen LogP contribution in [0.15, 0.2) is 36.0 Å². The zero-order valence-corrected chi connectivity index (χ0v) is 10.6. The number of allylic oxidation sites excluding steroid dienone is 3. The molecule has 0 atom stereocenters. The lowest BCUT2D eigenvalue weighted by molar-refractivity contribution is 0.304. The Balaban J connectivity index is 3.55. The van der Waals surface area contributed by atoms with Crippen LogP contribution in [-0.4, -0.2) is 15.3 Å². The molecule has 0 heterocycles. The first-order chi connectivity index (χ1) is 8.22. The van der Waals surface area contributed by atoms with E-state index in [2.05, 4.69) is 6.92 Å². The molecule has 0 bridgehead atoms. The predicted molar refractivity (Wildman–Crippen MR) is 71.2 cm³/mol. The van der Waals surface area contributed by atoms with Gasteiger partial charge in [-0.3, -0.25) is 0 Å². The van der Waals surface area contributed by atoms with Crippen LogP contribution in [0.3, 0.4) is 0 Å². The zero-order valence-electron chi connectivity index (χ0n) is 10.6. The van der Waals surface area contributed by atoms with Crippen LogP contribution in [0, 0.1) is 0 Å². The molecule has 0 amide bonds. The summed E-state index contributed by atoms with van der Waals surface area (Å²) in [5.41, 5.74) is 0. The Labute approximate surface area is 104 Å². The van der Waals surface area contributed by atoms with Gasteiger partial charge in [0.15, 0.2) is 11.5 Å². The summed E-state index contributed by atoms with van der Waals surface area (Å²) in [4.78, 5) is 0. The van der Waals surface area contributed by atoms with E-state index >= 15 is 0 Å². The van der Waals surface area contributed by atoms with Gasteiger partial charge in [0.2, 0.25) is 0 Å². The highest BCUT2D eigenvalue weighted by atomic mass is 16.3. The summed E-state index contributed by atoms with van der Waals surface area (Å²) in [5.74, 6) is -0.846. The third-order valence-corrected chi connectivity index (χ3v) is 2.50. The van der Waals surface area contributed by atoms with E-state index in [9.17, 15) is 0 Å². The SMILES string of the molecule is CCCCCCCCC=CC=C(O)C(O)=CO. The molecule has 0 rings (SSSR count). The third-order valence-electron chi connectivity index (χ3n) is 2.50. The van der Waals surface area contributed by atoms with Gasteiger partial charge < -0.3 is 15.3 Å². The minimum atomic E-state index is -0.519. The second kappa shape index (κ2) is 11.1. The number of unbranched alkanes of at least 4 members (excludes halogenated alkanes) is 6. The molecule has 0 aromatic carbocycles. The first-order valence-corrected chi connectivity index (χ1v) is 6.31. The molecule has 17 heavy (non-hydrogen) atoms. The van der Waals surface area contributed by atoms with Crippen LogP contribution in [-0.2, 0) is 0 Å². The van der Waals surface area contributed by atoms with E-state index in [1.54, 1.807) is 6.08 Å². The topological polar surface area (TPSA) is 60.7 Å². The first-order valence-electron chi connectivity index (χ1n) is 6.31. The van der Waals surface area contributed by atoms with Crippen molar-refractivity contribution in [2.24, 2.45) is 0 Å². The van der Waals surface area contributed by atoms with Gasteiger partial charge in [0, 0.05) is 0 Å². The molecule has 0 aromatic heterocycles. The molecule has 0 unspecified atom stereocenters. The van der Waals surface area contributed by atoms with Crippen molar-refractivity contribution >= 4 is 0 Å². The van der Waals surface area contributed by atoms with E-state index in [0.717, 1.165) is 12.8 Å². The second-order valence-electron chi connectivity index (χ2n) is 4.05. The van der Waals surface area contributed by atoms with Crippen LogP contribution in [0.4, 0.5) is 0 Å². The quantitative estimate of drug-likeness (QED) is 0.311. The normalized spacial score (nSPS) is 13.5. The standard InChI is InChI=1S/C14H24O3/c1-2-3-4-5-6-7-8-9-10-11-13(16)14(17)12-15/h9-12,15-17H,2-8H2,1H3. The van der Waals surface area contributed by atoms with E-state index in [-0.39, 0.29) is 5.76 Å². The molecule has 0 aliphatic carbocycles. The highest BCUT2D eigenvalue weighted by molar-refractivity contribution is 5.20. The minimum Gasteiger partial charge on any atom is -0.512 e. The maximum atomic E-state index is 9.15. The Morgan fingerprint density at radius 2 is 1.59 bits per heavy atom. The van der Waals surface area contributed by atoms with Crippen molar-refractivity contribution < 1.29 is 15.3 Å². The maximum absolute atomic E-state index is 9.15.